The minimum Gasteiger partial charge on any atom is -0.310 e. The summed E-state index contributed by atoms with van der Waals surface area (Å²) in [6.07, 6.45) is 0. The zero-order valence-corrected chi connectivity index (χ0v) is 12.5. The molecule has 0 saturated carbocycles. The lowest BCUT2D eigenvalue weighted by molar-refractivity contribution is 0.521. The molecule has 6 heteroatoms. The van der Waals surface area contributed by atoms with E-state index in [2.05, 4.69) is 55.2 Å². The van der Waals surface area contributed by atoms with E-state index < -0.39 is 0 Å². The molecule has 100 valence electrons. The van der Waals surface area contributed by atoms with Gasteiger partial charge in [-0.3, -0.25) is 0 Å². The van der Waals surface area contributed by atoms with Crippen molar-refractivity contribution in [2.24, 2.45) is 5.92 Å². The fourth-order valence-corrected chi connectivity index (χ4v) is 2.47. The molecule has 0 fully saturated rings. The van der Waals surface area contributed by atoms with E-state index in [0.29, 0.717) is 5.92 Å². The molecule has 0 atom stereocenters. The van der Waals surface area contributed by atoms with Gasteiger partial charge in [0.05, 0.1) is 0 Å². The third-order valence-electron chi connectivity index (χ3n) is 2.53. The summed E-state index contributed by atoms with van der Waals surface area (Å²) in [5.74, 6) is 1.57. The molecule has 0 saturated heterocycles. The van der Waals surface area contributed by atoms with Crippen molar-refractivity contribution >= 4 is 16.3 Å². The van der Waals surface area contributed by atoms with Crippen LogP contribution in [-0.4, -0.2) is 26.4 Å². The Morgan fingerprint density at radius 3 is 2.61 bits per heavy atom. The van der Waals surface area contributed by atoms with Crippen molar-refractivity contribution in [2.45, 2.75) is 46.6 Å². The van der Waals surface area contributed by atoms with Gasteiger partial charge in [0.15, 0.2) is 5.82 Å². The van der Waals surface area contributed by atoms with Gasteiger partial charge in [-0.15, -0.1) is 10.2 Å². The second-order valence-corrected chi connectivity index (χ2v) is 7.03. The Morgan fingerprint density at radius 2 is 2.00 bits per heavy atom. The van der Waals surface area contributed by atoms with E-state index in [1.807, 2.05) is 4.52 Å². The van der Waals surface area contributed by atoms with Gasteiger partial charge in [-0.05, 0) is 12.5 Å². The monoisotopic (exact) mass is 267 g/mol. The molecule has 0 spiro atoms. The van der Waals surface area contributed by atoms with E-state index in [1.165, 1.54) is 0 Å². The van der Waals surface area contributed by atoms with Crippen molar-refractivity contribution in [3.8, 4) is 0 Å². The third kappa shape index (κ3) is 2.87. The topological polar surface area (TPSA) is 55.1 Å². The molecule has 0 aliphatic rings. The van der Waals surface area contributed by atoms with Crippen LogP contribution in [-0.2, 0) is 12.0 Å². The molecule has 0 aliphatic heterocycles. The standard InChI is InChI=1S/C12H21N5S/c1-8(2)6-13-7-9-16-17-10(12(3,4)5)14-15-11(17)18-9/h8,13H,6-7H2,1-5H3. The molecular weight excluding hydrogens is 246 g/mol. The molecule has 0 aliphatic carbocycles. The maximum atomic E-state index is 4.58. The predicted octanol–water partition coefficient (Wildman–Crippen LogP) is 2.23. The SMILES string of the molecule is CC(C)CNCc1nn2c(C(C)(C)C)nnc2s1. The highest BCUT2D eigenvalue weighted by Gasteiger charge is 2.23. The lowest BCUT2D eigenvalue weighted by Crippen LogP contribution is -2.19. The van der Waals surface area contributed by atoms with Crippen LogP contribution in [0.1, 0.15) is 45.5 Å². The molecule has 0 amide bonds. The quantitative estimate of drug-likeness (QED) is 0.923. The zero-order valence-electron chi connectivity index (χ0n) is 11.7. The summed E-state index contributed by atoms with van der Waals surface area (Å²) in [5.41, 5.74) is -0.0316. The smallest absolute Gasteiger partial charge is 0.234 e. The van der Waals surface area contributed by atoms with Gasteiger partial charge in [0.2, 0.25) is 4.96 Å². The van der Waals surface area contributed by atoms with Crippen LogP contribution < -0.4 is 5.32 Å². The molecule has 2 aromatic rings. The Morgan fingerprint density at radius 1 is 1.28 bits per heavy atom. The van der Waals surface area contributed by atoms with Crippen LogP contribution in [0.15, 0.2) is 0 Å². The highest BCUT2D eigenvalue weighted by atomic mass is 32.1. The summed E-state index contributed by atoms with van der Waals surface area (Å²) in [4.78, 5) is 0.876. The van der Waals surface area contributed by atoms with Gasteiger partial charge in [0.25, 0.3) is 0 Å². The first-order valence-corrected chi connectivity index (χ1v) is 7.12. The summed E-state index contributed by atoms with van der Waals surface area (Å²) in [6.45, 7) is 12.6. The van der Waals surface area contributed by atoms with Crippen LogP contribution in [0, 0.1) is 5.92 Å². The Kier molecular flexibility index (Phi) is 3.68. The van der Waals surface area contributed by atoms with Gasteiger partial charge in [0, 0.05) is 12.0 Å². The molecule has 2 aromatic heterocycles. The van der Waals surface area contributed by atoms with Crippen LogP contribution in [0.25, 0.3) is 4.96 Å². The second-order valence-electron chi connectivity index (χ2n) is 5.99. The summed E-state index contributed by atoms with van der Waals surface area (Å²) >= 11 is 1.60. The number of nitrogens with one attached hydrogen (secondary N) is 1. The maximum Gasteiger partial charge on any atom is 0.234 e. The van der Waals surface area contributed by atoms with Crippen molar-refractivity contribution in [1.29, 1.82) is 0 Å². The fourth-order valence-electron chi connectivity index (χ4n) is 1.66. The van der Waals surface area contributed by atoms with Crippen LogP contribution in [0.2, 0.25) is 0 Å². The average molecular weight is 267 g/mol. The van der Waals surface area contributed by atoms with Gasteiger partial charge in [-0.2, -0.15) is 9.61 Å². The normalized spacial score (nSPS) is 12.8. The summed E-state index contributed by atoms with van der Waals surface area (Å²) in [7, 11) is 0. The Labute approximate surface area is 112 Å². The first-order chi connectivity index (χ1) is 8.38. The van der Waals surface area contributed by atoms with Crippen molar-refractivity contribution in [1.82, 2.24) is 25.1 Å². The number of hydrogen-bond acceptors (Lipinski definition) is 5. The highest BCUT2D eigenvalue weighted by Crippen LogP contribution is 2.23. The van der Waals surface area contributed by atoms with Crippen LogP contribution >= 0.6 is 11.3 Å². The first-order valence-electron chi connectivity index (χ1n) is 6.30. The maximum absolute atomic E-state index is 4.58. The van der Waals surface area contributed by atoms with E-state index in [4.69, 9.17) is 0 Å². The molecule has 0 bridgehead atoms. The van der Waals surface area contributed by atoms with Gasteiger partial charge >= 0.3 is 0 Å². The number of nitrogens with zero attached hydrogens (tertiary/aromatic N) is 4. The largest absolute Gasteiger partial charge is 0.310 e. The third-order valence-corrected chi connectivity index (χ3v) is 3.43. The number of fused-ring (bicyclic) bond motifs is 1. The lowest BCUT2D eigenvalue weighted by Gasteiger charge is -2.13. The average Bonchev–Trinajstić information content (AvgIpc) is 2.73. The Hall–Kier alpha value is -1.01. The molecule has 5 nitrogen and oxygen atoms in total. The second kappa shape index (κ2) is 4.93. The lowest BCUT2D eigenvalue weighted by atomic mass is 9.96. The molecule has 0 radical (unpaired) electrons. The van der Waals surface area contributed by atoms with Gasteiger partial charge < -0.3 is 5.32 Å². The number of rotatable bonds is 4. The number of aromatic nitrogens is 4. The predicted molar refractivity (Wildman–Crippen MR) is 73.9 cm³/mol. The van der Waals surface area contributed by atoms with E-state index in [0.717, 1.165) is 28.9 Å². The minimum atomic E-state index is -0.0316. The van der Waals surface area contributed by atoms with Crippen LogP contribution in [0.4, 0.5) is 0 Å². The summed E-state index contributed by atoms with van der Waals surface area (Å²) < 4.78 is 1.87. The van der Waals surface area contributed by atoms with Gasteiger partial charge in [-0.25, -0.2) is 0 Å². The minimum absolute atomic E-state index is 0.0316. The van der Waals surface area contributed by atoms with E-state index in [9.17, 15) is 0 Å². The number of hydrogen-bond donors (Lipinski definition) is 1. The first kappa shape index (κ1) is 13.4. The van der Waals surface area contributed by atoms with E-state index >= 15 is 0 Å². The molecule has 1 N–H and O–H groups in total. The van der Waals surface area contributed by atoms with Crippen molar-refractivity contribution in [3.63, 3.8) is 0 Å². The van der Waals surface area contributed by atoms with E-state index in [1.54, 1.807) is 11.3 Å². The molecule has 0 aromatic carbocycles. The fraction of sp³-hybridized carbons (Fsp3) is 0.750. The molecule has 2 rings (SSSR count). The van der Waals surface area contributed by atoms with Crippen molar-refractivity contribution in [3.05, 3.63) is 10.8 Å². The van der Waals surface area contributed by atoms with Crippen LogP contribution in [0.3, 0.4) is 0 Å². The summed E-state index contributed by atoms with van der Waals surface area (Å²) in [6, 6.07) is 0. The van der Waals surface area contributed by atoms with Gasteiger partial charge in [0.1, 0.15) is 5.01 Å². The van der Waals surface area contributed by atoms with Crippen molar-refractivity contribution in [2.75, 3.05) is 6.54 Å². The Balaban J connectivity index is 2.16. The molecule has 2 heterocycles. The van der Waals surface area contributed by atoms with Crippen LogP contribution in [0.5, 0.6) is 0 Å². The molecule has 18 heavy (non-hydrogen) atoms. The highest BCUT2D eigenvalue weighted by molar-refractivity contribution is 7.16. The van der Waals surface area contributed by atoms with E-state index in [-0.39, 0.29) is 5.41 Å². The summed E-state index contributed by atoms with van der Waals surface area (Å²) in [5, 5.41) is 17.4. The molecular formula is C12H21N5S. The van der Waals surface area contributed by atoms with Gasteiger partial charge in [-0.1, -0.05) is 46.0 Å². The van der Waals surface area contributed by atoms with Crippen molar-refractivity contribution < 1.29 is 0 Å². The molecule has 0 unspecified atom stereocenters. The zero-order chi connectivity index (χ0) is 13.3. The Bertz CT molecular complexity index is 520.